The van der Waals surface area contributed by atoms with Crippen molar-refractivity contribution < 1.29 is 38.6 Å². The van der Waals surface area contributed by atoms with Gasteiger partial charge in [0, 0.05) is 55.1 Å². The van der Waals surface area contributed by atoms with E-state index in [0.29, 0.717) is 60.5 Å². The predicted molar refractivity (Wildman–Crippen MR) is 227 cm³/mol. The number of amides is 5. The Balaban J connectivity index is 1.10. The van der Waals surface area contributed by atoms with E-state index in [0.717, 1.165) is 10.9 Å². The Morgan fingerprint density at radius 3 is 2.28 bits per heavy atom. The van der Waals surface area contributed by atoms with Crippen LogP contribution in [0.4, 0.5) is 16.3 Å². The normalized spacial score (nSPS) is 13.9. The molecule has 5 rings (SSSR count). The molecule has 4 aromatic rings. The van der Waals surface area contributed by atoms with E-state index in [1.54, 1.807) is 45.0 Å². The van der Waals surface area contributed by atoms with Crippen LogP contribution in [0.5, 0.6) is 0 Å². The van der Waals surface area contributed by atoms with Gasteiger partial charge in [-0.05, 0) is 63.3 Å². The first-order valence-corrected chi connectivity index (χ1v) is 20.4. The SMILES string of the molecule is CCN(Cc1nc2c(N)nc3ccccc3c2n1CC(C)(C)O)C(=O)OCc1ccc(NC(=O)[C@H](C)CC(=O)[C@@H](NC(=O)CCCCCN2C(=O)C=CC2=O)C(C)C)cc1. The number of aliphatic hydroxyl groups is 1. The second-order valence-electron chi connectivity index (χ2n) is 16.2. The number of anilines is 2. The zero-order valence-corrected chi connectivity index (χ0v) is 35.2. The molecule has 0 aliphatic carbocycles. The average Bonchev–Trinajstić information content (AvgIpc) is 3.71. The Morgan fingerprint density at radius 1 is 0.950 bits per heavy atom. The number of ether oxygens (including phenoxy) is 1. The number of pyridine rings is 1. The van der Waals surface area contributed by atoms with Crippen LogP contribution in [0, 0.1) is 11.8 Å². The highest BCUT2D eigenvalue weighted by Crippen LogP contribution is 2.30. The van der Waals surface area contributed by atoms with Crippen LogP contribution >= 0.6 is 0 Å². The zero-order valence-electron chi connectivity index (χ0n) is 35.2. The number of rotatable bonds is 20. The predicted octanol–water partition coefficient (Wildman–Crippen LogP) is 5.26. The summed E-state index contributed by atoms with van der Waals surface area (Å²) < 4.78 is 7.56. The molecule has 320 valence electrons. The number of carbonyl (C=O) groups excluding carboxylic acids is 6. The number of ketones is 1. The summed E-state index contributed by atoms with van der Waals surface area (Å²) >= 11 is 0. The molecule has 1 aliphatic heterocycles. The third kappa shape index (κ3) is 11.5. The van der Waals surface area contributed by atoms with Crippen LogP contribution in [0.15, 0.2) is 60.7 Å². The highest BCUT2D eigenvalue weighted by molar-refractivity contribution is 6.13. The number of aromatic nitrogens is 3. The lowest BCUT2D eigenvalue weighted by Crippen LogP contribution is -2.45. The van der Waals surface area contributed by atoms with E-state index in [2.05, 4.69) is 15.6 Å². The number of imide groups is 1. The molecule has 0 bridgehead atoms. The summed E-state index contributed by atoms with van der Waals surface area (Å²) in [5, 5.41) is 17.3. The highest BCUT2D eigenvalue weighted by Gasteiger charge is 2.29. The molecule has 16 nitrogen and oxygen atoms in total. The Kier molecular flexibility index (Phi) is 14.8. The largest absolute Gasteiger partial charge is 0.445 e. The fraction of sp³-hybridized carbons (Fsp3) is 0.455. The number of fused-ring (bicyclic) bond motifs is 3. The number of hydrogen-bond donors (Lipinski definition) is 4. The summed E-state index contributed by atoms with van der Waals surface area (Å²) in [7, 11) is 0. The molecule has 0 saturated carbocycles. The molecule has 0 fully saturated rings. The molecule has 2 aromatic heterocycles. The van der Waals surface area contributed by atoms with Crippen LogP contribution in [0.3, 0.4) is 0 Å². The van der Waals surface area contributed by atoms with Crippen molar-refractivity contribution in [3.63, 3.8) is 0 Å². The van der Waals surface area contributed by atoms with Crippen molar-refractivity contribution in [1.82, 2.24) is 29.7 Å². The van der Waals surface area contributed by atoms with Gasteiger partial charge < -0.3 is 35.7 Å². The van der Waals surface area contributed by atoms with E-state index in [1.807, 2.05) is 49.6 Å². The van der Waals surface area contributed by atoms with E-state index in [9.17, 15) is 33.9 Å². The number of benzene rings is 2. The summed E-state index contributed by atoms with van der Waals surface area (Å²) in [4.78, 5) is 87.7. The summed E-state index contributed by atoms with van der Waals surface area (Å²) in [6.45, 7) is 11.4. The van der Waals surface area contributed by atoms with Crippen molar-refractivity contribution in [2.75, 3.05) is 24.1 Å². The van der Waals surface area contributed by atoms with Gasteiger partial charge in [0.25, 0.3) is 11.8 Å². The fourth-order valence-electron chi connectivity index (χ4n) is 7.01. The number of hydrogen-bond acceptors (Lipinski definition) is 11. The van der Waals surface area contributed by atoms with Crippen LogP contribution in [0.25, 0.3) is 21.9 Å². The first-order chi connectivity index (χ1) is 28.4. The Bertz CT molecular complexity index is 2240. The minimum Gasteiger partial charge on any atom is -0.445 e. The number of nitrogens with zero attached hydrogens (tertiary/aromatic N) is 5. The monoisotopic (exact) mass is 824 g/mol. The highest BCUT2D eigenvalue weighted by atomic mass is 16.6. The molecule has 5 N–H and O–H groups in total. The van der Waals surface area contributed by atoms with Crippen LogP contribution in [-0.4, -0.2) is 89.7 Å². The smallest absolute Gasteiger partial charge is 0.410 e. The van der Waals surface area contributed by atoms with Crippen molar-refractivity contribution in [2.45, 2.75) is 105 Å². The molecule has 1 aliphatic rings. The maximum absolute atomic E-state index is 13.3. The molecule has 2 aromatic carbocycles. The lowest BCUT2D eigenvalue weighted by Gasteiger charge is -2.24. The second kappa shape index (κ2) is 19.7. The van der Waals surface area contributed by atoms with Crippen molar-refractivity contribution in [3.8, 4) is 0 Å². The third-order valence-corrected chi connectivity index (χ3v) is 10.3. The van der Waals surface area contributed by atoms with Gasteiger partial charge in [0.05, 0.1) is 35.8 Å². The van der Waals surface area contributed by atoms with E-state index in [4.69, 9.17) is 15.5 Å². The summed E-state index contributed by atoms with van der Waals surface area (Å²) in [5.41, 5.74) is 8.32. The summed E-state index contributed by atoms with van der Waals surface area (Å²) in [6.07, 6.45) is 3.79. The molecule has 16 heteroatoms. The van der Waals surface area contributed by atoms with Crippen LogP contribution in [-0.2, 0) is 48.4 Å². The zero-order chi connectivity index (χ0) is 43.7. The van der Waals surface area contributed by atoms with E-state index in [1.165, 1.54) is 22.0 Å². The molecule has 5 amide bonds. The molecule has 2 atom stereocenters. The van der Waals surface area contributed by atoms with Crippen molar-refractivity contribution in [3.05, 3.63) is 72.1 Å². The van der Waals surface area contributed by atoms with Crippen LogP contribution < -0.4 is 16.4 Å². The Hall–Kier alpha value is -6.16. The lowest BCUT2D eigenvalue weighted by molar-refractivity contribution is -0.137. The molecule has 0 saturated heterocycles. The van der Waals surface area contributed by atoms with Gasteiger partial charge in [-0.2, -0.15) is 0 Å². The van der Waals surface area contributed by atoms with Gasteiger partial charge in [0.1, 0.15) is 17.9 Å². The Labute approximate surface area is 349 Å². The first kappa shape index (κ1) is 44.9. The number of para-hydroxylation sites is 1. The Morgan fingerprint density at radius 2 is 1.63 bits per heavy atom. The maximum atomic E-state index is 13.3. The molecule has 60 heavy (non-hydrogen) atoms. The van der Waals surface area contributed by atoms with Gasteiger partial charge in [-0.25, -0.2) is 14.8 Å². The summed E-state index contributed by atoms with van der Waals surface area (Å²) in [6, 6.07) is 13.6. The number of carbonyl (C=O) groups is 6. The number of Topliss-reactive ketones (excluding diaryl/α,β-unsaturated/α-hetero) is 1. The molecule has 0 spiro atoms. The van der Waals surface area contributed by atoms with E-state index < -0.39 is 23.7 Å². The van der Waals surface area contributed by atoms with Crippen molar-refractivity contribution in [1.29, 1.82) is 0 Å². The van der Waals surface area contributed by atoms with E-state index >= 15 is 0 Å². The number of unbranched alkanes of at least 4 members (excludes halogenated alkanes) is 2. The number of imidazole rings is 1. The number of nitrogens with two attached hydrogens (primary N) is 1. The van der Waals surface area contributed by atoms with Crippen molar-refractivity contribution >= 4 is 68.9 Å². The lowest BCUT2D eigenvalue weighted by atomic mass is 9.92. The quantitative estimate of drug-likeness (QED) is 0.0666. The van der Waals surface area contributed by atoms with Gasteiger partial charge in [-0.3, -0.25) is 28.9 Å². The maximum Gasteiger partial charge on any atom is 0.410 e. The first-order valence-electron chi connectivity index (χ1n) is 20.4. The van der Waals surface area contributed by atoms with Gasteiger partial charge >= 0.3 is 6.09 Å². The minimum atomic E-state index is -1.10. The number of nitrogens with one attached hydrogen (secondary N) is 2. The average molecular weight is 825 g/mol. The van der Waals surface area contributed by atoms with Crippen LogP contribution in [0.2, 0.25) is 0 Å². The fourth-order valence-corrected chi connectivity index (χ4v) is 7.01. The summed E-state index contributed by atoms with van der Waals surface area (Å²) in [5.74, 6) is -1.64. The van der Waals surface area contributed by atoms with Gasteiger partial charge in [0.15, 0.2) is 11.6 Å². The van der Waals surface area contributed by atoms with Gasteiger partial charge in [-0.15, -0.1) is 0 Å². The molecule has 3 heterocycles. The topological polar surface area (TPSA) is 219 Å². The standard InChI is InChI=1S/C44H56N8O8/c1-7-50(24-34-48-39-40(52(34)26-44(5,6)59)31-13-10-11-14-32(31)47-41(39)45)43(58)60-25-29-16-18-30(19-17-29)46-42(57)28(4)23-33(53)38(27(2)3)49-35(54)15-9-8-12-22-51-36(55)20-21-37(51)56/h10-11,13-14,16-21,27-28,38,59H,7-9,12,15,22-26H2,1-6H3,(H2,45,47)(H,46,57)(H,49,54)/t28-,38+/m1/s1. The van der Waals surface area contributed by atoms with Gasteiger partial charge in [0.2, 0.25) is 11.8 Å². The molecule has 0 radical (unpaired) electrons. The van der Waals surface area contributed by atoms with E-state index in [-0.39, 0.29) is 73.7 Å². The number of nitrogen functional groups attached to an aromatic ring is 1. The van der Waals surface area contributed by atoms with Crippen molar-refractivity contribution in [2.24, 2.45) is 11.8 Å². The van der Waals surface area contributed by atoms with Gasteiger partial charge in [-0.1, -0.05) is 57.5 Å². The molecular formula is C44H56N8O8. The third-order valence-electron chi connectivity index (χ3n) is 10.3. The minimum absolute atomic E-state index is 0.0310. The second-order valence-corrected chi connectivity index (χ2v) is 16.2. The van der Waals surface area contributed by atoms with Crippen LogP contribution in [0.1, 0.15) is 85.0 Å². The molecule has 0 unspecified atom stereocenters. The molecular weight excluding hydrogens is 769 g/mol.